The number of tetrazole rings is 1. The van der Waals surface area contributed by atoms with E-state index >= 15 is 0 Å². The molecule has 7 heavy (non-hydrogen) atoms. The van der Waals surface area contributed by atoms with Gasteiger partial charge in [-0.15, -0.1) is 0 Å². The highest BCUT2D eigenvalue weighted by molar-refractivity contribution is 6.28. The van der Waals surface area contributed by atoms with Crippen molar-refractivity contribution >= 4 is 11.6 Å². The van der Waals surface area contributed by atoms with Gasteiger partial charge in [0.2, 0.25) is 0 Å². The predicted octanol–water partition coefficient (Wildman–Crippen LogP) is -0.436. The number of halogens is 1. The van der Waals surface area contributed by atoms with Crippen molar-refractivity contribution in [3.05, 3.63) is 5.28 Å². The first-order chi connectivity index (χ1) is 3.29. The first-order valence-corrected chi connectivity index (χ1v) is 1.81. The van der Waals surface area contributed by atoms with E-state index in [1.165, 1.54) is 0 Å². The maximum Gasteiger partial charge on any atom is 0.267 e. The zero-order valence-corrected chi connectivity index (χ0v) is 3.87. The highest BCUT2D eigenvalue weighted by Gasteiger charge is 1.90. The number of aromatic nitrogens is 4. The van der Waals surface area contributed by atoms with Gasteiger partial charge in [0.05, 0.1) is 0 Å². The molecule has 0 fully saturated rings. The molecule has 0 amide bonds. The molecule has 0 spiro atoms. The van der Waals surface area contributed by atoms with Gasteiger partial charge in [0, 0.05) is 4.96 Å². The van der Waals surface area contributed by atoms with Crippen molar-refractivity contribution in [3.63, 3.8) is 0 Å². The second kappa shape index (κ2) is 1.34. The Morgan fingerprint density at radius 2 is 2.43 bits per heavy atom. The third-order valence-electron chi connectivity index (χ3n) is 0.379. The Morgan fingerprint density at radius 3 is 2.57 bits per heavy atom. The van der Waals surface area contributed by atoms with Gasteiger partial charge in [0.1, 0.15) is 0 Å². The SMILES string of the molecule is On1nnc(Cl)n1. The van der Waals surface area contributed by atoms with Crippen LogP contribution in [-0.2, 0) is 0 Å². The zero-order chi connectivity index (χ0) is 5.28. The lowest BCUT2D eigenvalue weighted by Crippen LogP contribution is -1.93. The molecule has 6 heteroatoms. The molecule has 0 atom stereocenters. The fraction of sp³-hybridized carbons (Fsp3) is 0. The topological polar surface area (TPSA) is 63.8 Å². The van der Waals surface area contributed by atoms with E-state index in [0.717, 1.165) is 0 Å². The summed E-state index contributed by atoms with van der Waals surface area (Å²) >= 11 is 5.09. The molecule has 1 heterocycles. The Kier molecular flexibility index (Phi) is 0.828. The normalized spacial score (nSPS) is 9.29. The molecule has 0 aliphatic rings. The number of rotatable bonds is 0. The molecule has 0 saturated heterocycles. The molecule has 1 aromatic rings. The zero-order valence-electron chi connectivity index (χ0n) is 3.11. The Hall–Kier alpha value is -0.840. The lowest BCUT2D eigenvalue weighted by molar-refractivity contribution is 0.106. The van der Waals surface area contributed by atoms with E-state index in [1.807, 2.05) is 0 Å². The standard InChI is InChI=1S/CHClN4O/c2-1-3-5-6(7)4-1/h7H. The lowest BCUT2D eigenvalue weighted by Gasteiger charge is -1.71. The summed E-state index contributed by atoms with van der Waals surface area (Å²) in [5, 5.41) is 17.4. The molecular weight excluding hydrogens is 119 g/mol. The van der Waals surface area contributed by atoms with Gasteiger partial charge >= 0.3 is 0 Å². The molecule has 5 nitrogen and oxygen atoms in total. The monoisotopic (exact) mass is 120 g/mol. The molecule has 1 aromatic heterocycles. The third-order valence-corrected chi connectivity index (χ3v) is 0.530. The van der Waals surface area contributed by atoms with Crippen molar-refractivity contribution in [2.24, 2.45) is 0 Å². The first kappa shape index (κ1) is 4.32. The summed E-state index contributed by atoms with van der Waals surface area (Å²) in [5.74, 6) is 0. The molecular formula is CHClN4O. The van der Waals surface area contributed by atoms with Gasteiger partial charge in [-0.3, -0.25) is 0 Å². The molecule has 0 unspecified atom stereocenters. The van der Waals surface area contributed by atoms with Gasteiger partial charge < -0.3 is 5.21 Å². The molecule has 38 valence electrons. The van der Waals surface area contributed by atoms with Crippen LogP contribution in [0.2, 0.25) is 5.28 Å². The van der Waals surface area contributed by atoms with E-state index in [1.54, 1.807) is 0 Å². The molecule has 0 aliphatic carbocycles. The van der Waals surface area contributed by atoms with E-state index in [4.69, 9.17) is 16.8 Å². The predicted molar refractivity (Wildman–Crippen MR) is 20.0 cm³/mol. The molecule has 0 aliphatic heterocycles. The van der Waals surface area contributed by atoms with Crippen LogP contribution in [0.1, 0.15) is 0 Å². The number of hydrogen-bond acceptors (Lipinski definition) is 4. The minimum absolute atomic E-state index is 0.0671. The van der Waals surface area contributed by atoms with Gasteiger partial charge in [0.25, 0.3) is 5.28 Å². The summed E-state index contributed by atoms with van der Waals surface area (Å²) in [6, 6.07) is 0. The van der Waals surface area contributed by atoms with Crippen LogP contribution in [0.4, 0.5) is 0 Å². The van der Waals surface area contributed by atoms with Crippen molar-refractivity contribution < 1.29 is 5.21 Å². The van der Waals surface area contributed by atoms with Crippen LogP contribution in [-0.4, -0.2) is 25.6 Å². The fourth-order valence-corrected chi connectivity index (χ4v) is 0.292. The minimum Gasteiger partial charge on any atom is -0.395 e. The van der Waals surface area contributed by atoms with E-state index in [-0.39, 0.29) is 5.28 Å². The second-order valence-electron chi connectivity index (χ2n) is 0.827. The van der Waals surface area contributed by atoms with Gasteiger partial charge in [-0.25, -0.2) is 0 Å². The molecule has 0 saturated carbocycles. The van der Waals surface area contributed by atoms with Crippen molar-refractivity contribution in [1.29, 1.82) is 0 Å². The van der Waals surface area contributed by atoms with Crippen molar-refractivity contribution in [2.45, 2.75) is 0 Å². The molecule has 0 aromatic carbocycles. The van der Waals surface area contributed by atoms with Crippen LogP contribution in [0.5, 0.6) is 0 Å². The molecule has 0 bridgehead atoms. The summed E-state index contributed by atoms with van der Waals surface area (Å²) in [5.41, 5.74) is 0. The average molecular weight is 120 g/mol. The molecule has 0 radical (unpaired) electrons. The molecule has 1 rings (SSSR count). The van der Waals surface area contributed by atoms with Crippen LogP contribution in [0.15, 0.2) is 0 Å². The van der Waals surface area contributed by atoms with Gasteiger partial charge in [-0.05, 0) is 16.8 Å². The quantitative estimate of drug-likeness (QED) is 0.472. The van der Waals surface area contributed by atoms with Crippen LogP contribution in [0.3, 0.4) is 0 Å². The first-order valence-electron chi connectivity index (χ1n) is 1.44. The Morgan fingerprint density at radius 1 is 1.71 bits per heavy atom. The Bertz CT molecular complexity index is 144. The Labute approximate surface area is 43.5 Å². The summed E-state index contributed by atoms with van der Waals surface area (Å²) in [6.07, 6.45) is 0. The number of nitrogens with zero attached hydrogens (tertiary/aromatic N) is 4. The summed E-state index contributed by atoms with van der Waals surface area (Å²) < 4.78 is 0. The third kappa shape index (κ3) is 0.774. The van der Waals surface area contributed by atoms with Crippen LogP contribution in [0.25, 0.3) is 0 Å². The highest BCUT2D eigenvalue weighted by Crippen LogP contribution is 1.89. The smallest absolute Gasteiger partial charge is 0.267 e. The number of hydrogen-bond donors (Lipinski definition) is 1. The van der Waals surface area contributed by atoms with Crippen LogP contribution < -0.4 is 0 Å². The maximum atomic E-state index is 8.20. The van der Waals surface area contributed by atoms with Crippen molar-refractivity contribution in [1.82, 2.24) is 20.4 Å². The van der Waals surface area contributed by atoms with E-state index in [9.17, 15) is 0 Å². The molecule has 1 N–H and O–H groups in total. The summed E-state index contributed by atoms with van der Waals surface area (Å²) in [7, 11) is 0. The summed E-state index contributed by atoms with van der Waals surface area (Å²) in [4.78, 5) is 0.294. The van der Waals surface area contributed by atoms with E-state index < -0.39 is 0 Å². The minimum atomic E-state index is -0.0671. The van der Waals surface area contributed by atoms with Crippen molar-refractivity contribution in [3.8, 4) is 0 Å². The highest BCUT2D eigenvalue weighted by atomic mass is 35.5. The van der Waals surface area contributed by atoms with Gasteiger partial charge in [0.15, 0.2) is 0 Å². The second-order valence-corrected chi connectivity index (χ2v) is 1.16. The summed E-state index contributed by atoms with van der Waals surface area (Å²) in [6.45, 7) is 0. The van der Waals surface area contributed by atoms with Crippen LogP contribution >= 0.6 is 11.6 Å². The maximum absolute atomic E-state index is 8.20. The fourth-order valence-electron chi connectivity index (χ4n) is 0.191. The van der Waals surface area contributed by atoms with E-state index in [0.29, 0.717) is 4.96 Å². The van der Waals surface area contributed by atoms with E-state index in [2.05, 4.69) is 15.4 Å². The average Bonchev–Trinajstić information content (AvgIpc) is 1.87. The van der Waals surface area contributed by atoms with Crippen molar-refractivity contribution in [2.75, 3.05) is 0 Å². The van der Waals surface area contributed by atoms with Gasteiger partial charge in [-0.1, -0.05) is 10.2 Å². The Balaban J connectivity index is 3.04. The largest absolute Gasteiger partial charge is 0.395 e. The lowest BCUT2D eigenvalue weighted by atomic mass is 11.4. The van der Waals surface area contributed by atoms with Crippen LogP contribution in [0, 0.1) is 0 Å². The van der Waals surface area contributed by atoms with Gasteiger partial charge in [-0.2, -0.15) is 0 Å².